The lowest BCUT2D eigenvalue weighted by Crippen LogP contribution is -2.06. The molecule has 1 aromatic carbocycles. The molecule has 0 spiro atoms. The molecule has 0 radical (unpaired) electrons. The van der Waals surface area contributed by atoms with Crippen molar-refractivity contribution in [1.29, 1.82) is 0 Å². The fraction of sp³-hybridized carbons (Fsp3) is 0.154. The van der Waals surface area contributed by atoms with E-state index in [-0.39, 0.29) is 5.56 Å². The largest absolute Gasteiger partial charge is 0.478 e. The molecular formula is C13H12ClN3O2. The Kier molecular flexibility index (Phi) is 3.97. The summed E-state index contributed by atoms with van der Waals surface area (Å²) < 4.78 is 0. The summed E-state index contributed by atoms with van der Waals surface area (Å²) in [6, 6.07) is 6.80. The molecule has 2 rings (SSSR count). The Balaban J connectivity index is 2.45. The third kappa shape index (κ3) is 2.82. The highest BCUT2D eigenvalue weighted by Crippen LogP contribution is 2.24. The van der Waals surface area contributed by atoms with Crippen LogP contribution in [-0.4, -0.2) is 28.1 Å². The fourth-order valence-electron chi connectivity index (χ4n) is 1.84. The molecule has 0 aliphatic heterocycles. The Bertz CT molecular complexity index is 617. The van der Waals surface area contributed by atoms with E-state index < -0.39 is 5.97 Å². The van der Waals surface area contributed by atoms with Crippen molar-refractivity contribution < 1.29 is 9.90 Å². The van der Waals surface area contributed by atoms with Crippen molar-refractivity contribution in [3.63, 3.8) is 0 Å². The zero-order valence-corrected chi connectivity index (χ0v) is 11.0. The van der Waals surface area contributed by atoms with Gasteiger partial charge in [-0.25, -0.2) is 14.8 Å². The first-order chi connectivity index (χ1) is 9.13. The van der Waals surface area contributed by atoms with Gasteiger partial charge < -0.3 is 10.4 Å². The van der Waals surface area contributed by atoms with Crippen LogP contribution in [0.15, 0.2) is 30.6 Å². The quantitative estimate of drug-likeness (QED) is 0.840. The Morgan fingerprint density at radius 1 is 1.37 bits per heavy atom. The summed E-state index contributed by atoms with van der Waals surface area (Å²) in [6.07, 6.45) is 1.72. The highest BCUT2D eigenvalue weighted by Gasteiger charge is 2.14. The van der Waals surface area contributed by atoms with Crippen molar-refractivity contribution in [1.82, 2.24) is 9.97 Å². The van der Waals surface area contributed by atoms with Crippen LogP contribution in [0, 0.1) is 0 Å². The maximum Gasteiger partial charge on any atom is 0.335 e. The zero-order chi connectivity index (χ0) is 13.8. The minimum atomic E-state index is -0.963. The van der Waals surface area contributed by atoms with Crippen LogP contribution < -0.4 is 5.32 Å². The number of hydrogen-bond acceptors (Lipinski definition) is 4. The first-order valence-electron chi connectivity index (χ1n) is 5.61. The lowest BCUT2D eigenvalue weighted by Gasteiger charge is -2.10. The predicted octanol–water partition coefficient (Wildman–Crippen LogP) is 2.46. The molecule has 0 unspecified atom stereocenters. The van der Waals surface area contributed by atoms with Gasteiger partial charge in [-0.15, -0.1) is 0 Å². The molecular weight excluding hydrogens is 266 g/mol. The second-order valence-corrected chi connectivity index (χ2v) is 4.24. The predicted molar refractivity (Wildman–Crippen MR) is 72.8 cm³/mol. The number of carbonyl (C=O) groups is 1. The van der Waals surface area contributed by atoms with E-state index in [1.807, 2.05) is 0 Å². The van der Waals surface area contributed by atoms with Crippen LogP contribution in [0.1, 0.15) is 21.5 Å². The molecule has 1 heterocycles. The number of hydrogen-bond donors (Lipinski definition) is 2. The molecule has 0 fully saturated rings. The van der Waals surface area contributed by atoms with Gasteiger partial charge in [-0.05, 0) is 11.6 Å². The van der Waals surface area contributed by atoms with Crippen molar-refractivity contribution in [3.8, 4) is 0 Å². The average molecular weight is 278 g/mol. The van der Waals surface area contributed by atoms with Crippen molar-refractivity contribution in [3.05, 3.63) is 52.4 Å². The topological polar surface area (TPSA) is 75.1 Å². The molecule has 0 amide bonds. The van der Waals surface area contributed by atoms with Gasteiger partial charge in [0.25, 0.3) is 0 Å². The SMILES string of the molecule is CNc1ncnc(Cl)c1Cc1ccccc1C(=O)O. The van der Waals surface area contributed by atoms with Gasteiger partial charge in [-0.2, -0.15) is 0 Å². The summed E-state index contributed by atoms with van der Waals surface area (Å²) >= 11 is 6.05. The first kappa shape index (κ1) is 13.3. The number of aromatic carboxylic acids is 1. The zero-order valence-electron chi connectivity index (χ0n) is 10.2. The van der Waals surface area contributed by atoms with Crippen LogP contribution in [-0.2, 0) is 6.42 Å². The van der Waals surface area contributed by atoms with Crippen LogP contribution in [0.3, 0.4) is 0 Å². The molecule has 2 aromatic rings. The number of rotatable bonds is 4. The standard InChI is InChI=1S/C13H12ClN3O2/c1-15-12-10(11(14)16-7-17-12)6-8-4-2-3-5-9(8)13(18)19/h2-5,7H,6H2,1H3,(H,18,19)(H,15,16,17). The molecule has 0 bridgehead atoms. The number of halogens is 1. The van der Waals surface area contributed by atoms with Gasteiger partial charge in [0.1, 0.15) is 17.3 Å². The Morgan fingerprint density at radius 3 is 2.79 bits per heavy atom. The van der Waals surface area contributed by atoms with E-state index >= 15 is 0 Å². The van der Waals surface area contributed by atoms with Crippen LogP contribution in [0.2, 0.25) is 5.15 Å². The lowest BCUT2D eigenvalue weighted by molar-refractivity contribution is 0.0696. The van der Waals surface area contributed by atoms with Crippen molar-refractivity contribution in [2.45, 2.75) is 6.42 Å². The van der Waals surface area contributed by atoms with E-state index in [2.05, 4.69) is 15.3 Å². The molecule has 98 valence electrons. The molecule has 1 aromatic heterocycles. The highest BCUT2D eigenvalue weighted by atomic mass is 35.5. The third-order valence-corrected chi connectivity index (χ3v) is 3.07. The van der Waals surface area contributed by atoms with E-state index in [1.54, 1.807) is 31.3 Å². The second-order valence-electron chi connectivity index (χ2n) is 3.88. The number of anilines is 1. The van der Waals surface area contributed by atoms with E-state index in [0.29, 0.717) is 28.5 Å². The van der Waals surface area contributed by atoms with E-state index in [9.17, 15) is 4.79 Å². The minimum Gasteiger partial charge on any atom is -0.478 e. The molecule has 0 aliphatic carbocycles. The van der Waals surface area contributed by atoms with Crippen LogP contribution in [0.25, 0.3) is 0 Å². The van der Waals surface area contributed by atoms with Crippen molar-refractivity contribution in [2.24, 2.45) is 0 Å². The van der Waals surface area contributed by atoms with Gasteiger partial charge in [0.2, 0.25) is 0 Å². The summed E-state index contributed by atoms with van der Waals surface area (Å²) in [4.78, 5) is 19.2. The van der Waals surface area contributed by atoms with E-state index in [0.717, 1.165) is 0 Å². The van der Waals surface area contributed by atoms with Gasteiger partial charge in [0, 0.05) is 19.0 Å². The van der Waals surface area contributed by atoms with Crippen molar-refractivity contribution in [2.75, 3.05) is 12.4 Å². The van der Waals surface area contributed by atoms with Gasteiger partial charge >= 0.3 is 5.97 Å². The highest BCUT2D eigenvalue weighted by molar-refractivity contribution is 6.30. The summed E-state index contributed by atoms with van der Waals surface area (Å²) in [5, 5.41) is 12.4. The molecule has 5 nitrogen and oxygen atoms in total. The molecule has 0 atom stereocenters. The number of nitrogens with zero attached hydrogens (tertiary/aromatic N) is 2. The smallest absolute Gasteiger partial charge is 0.335 e. The minimum absolute atomic E-state index is 0.254. The van der Waals surface area contributed by atoms with E-state index in [4.69, 9.17) is 16.7 Å². The Hall–Kier alpha value is -2.14. The summed E-state index contributed by atoms with van der Waals surface area (Å²) in [7, 11) is 1.73. The van der Waals surface area contributed by atoms with Crippen LogP contribution >= 0.6 is 11.6 Å². The number of carboxylic acid groups (broad SMARTS) is 1. The molecule has 0 saturated carbocycles. The Labute approximate surface area is 115 Å². The molecule has 2 N–H and O–H groups in total. The molecule has 19 heavy (non-hydrogen) atoms. The molecule has 0 aliphatic rings. The number of carboxylic acids is 1. The van der Waals surface area contributed by atoms with Crippen molar-refractivity contribution >= 4 is 23.4 Å². The normalized spacial score (nSPS) is 10.2. The molecule has 0 saturated heterocycles. The first-order valence-corrected chi connectivity index (χ1v) is 5.99. The van der Waals surface area contributed by atoms with Gasteiger partial charge in [-0.1, -0.05) is 29.8 Å². The Morgan fingerprint density at radius 2 is 2.11 bits per heavy atom. The van der Waals surface area contributed by atoms with Crippen LogP contribution in [0.5, 0.6) is 0 Å². The van der Waals surface area contributed by atoms with Gasteiger partial charge in [0.15, 0.2) is 0 Å². The second kappa shape index (κ2) is 5.67. The number of aromatic nitrogens is 2. The maximum absolute atomic E-state index is 11.2. The van der Waals surface area contributed by atoms with E-state index in [1.165, 1.54) is 6.33 Å². The third-order valence-electron chi connectivity index (χ3n) is 2.74. The molecule has 6 heteroatoms. The monoisotopic (exact) mass is 277 g/mol. The average Bonchev–Trinajstić information content (AvgIpc) is 2.41. The van der Waals surface area contributed by atoms with Gasteiger partial charge in [0.05, 0.1) is 5.56 Å². The van der Waals surface area contributed by atoms with Gasteiger partial charge in [-0.3, -0.25) is 0 Å². The van der Waals surface area contributed by atoms with Crippen LogP contribution in [0.4, 0.5) is 5.82 Å². The fourth-order valence-corrected chi connectivity index (χ4v) is 2.04. The number of benzene rings is 1. The summed E-state index contributed by atoms with van der Waals surface area (Å²) in [6.45, 7) is 0. The summed E-state index contributed by atoms with van der Waals surface area (Å²) in [5.41, 5.74) is 1.60. The lowest BCUT2D eigenvalue weighted by atomic mass is 10.0. The summed E-state index contributed by atoms with van der Waals surface area (Å²) in [5.74, 6) is -0.366. The maximum atomic E-state index is 11.2. The number of nitrogens with one attached hydrogen (secondary N) is 1.